The van der Waals surface area contributed by atoms with Gasteiger partial charge < -0.3 is 20.1 Å². The summed E-state index contributed by atoms with van der Waals surface area (Å²) in [6, 6.07) is 0. The number of ether oxygens (including phenoxy) is 1. The molecule has 1 heterocycles. The van der Waals surface area contributed by atoms with Gasteiger partial charge in [0.05, 0.1) is 0 Å². The van der Waals surface area contributed by atoms with Crippen molar-refractivity contribution in [3.8, 4) is 0 Å². The number of halogens is 1. The number of hydrogen-bond acceptors (Lipinski definition) is 4. The van der Waals surface area contributed by atoms with Gasteiger partial charge in [-0.05, 0) is 22.6 Å². The molecule has 0 saturated carbocycles. The molecule has 10 heavy (non-hydrogen) atoms. The van der Waals surface area contributed by atoms with Crippen molar-refractivity contribution in [2.75, 3.05) is 0 Å². The number of aliphatic hydroxyl groups is 3. The first-order chi connectivity index (χ1) is 4.63. The van der Waals surface area contributed by atoms with E-state index in [4.69, 9.17) is 20.1 Å². The van der Waals surface area contributed by atoms with Crippen LogP contribution in [0, 0.1) is 0 Å². The van der Waals surface area contributed by atoms with E-state index in [1.807, 2.05) is 22.6 Å². The molecule has 0 saturated heterocycles. The highest BCUT2D eigenvalue weighted by atomic mass is 127. The molecule has 1 aliphatic rings. The van der Waals surface area contributed by atoms with Gasteiger partial charge in [0.25, 0.3) is 0 Å². The molecule has 0 amide bonds. The van der Waals surface area contributed by atoms with Gasteiger partial charge in [-0.25, -0.2) is 0 Å². The molecule has 0 aliphatic carbocycles. The average molecular weight is 258 g/mol. The molecule has 58 valence electrons. The maximum Gasteiger partial charge on any atom is 0.177 e. The van der Waals surface area contributed by atoms with Gasteiger partial charge in [0.2, 0.25) is 0 Å². The molecule has 3 N–H and O–H groups in total. The third-order valence-electron chi connectivity index (χ3n) is 1.21. The van der Waals surface area contributed by atoms with Crippen molar-refractivity contribution in [1.29, 1.82) is 0 Å². The van der Waals surface area contributed by atoms with E-state index in [1.54, 1.807) is 0 Å². The van der Waals surface area contributed by atoms with Gasteiger partial charge in [0, 0.05) is 0 Å². The van der Waals surface area contributed by atoms with Crippen LogP contribution in [0.25, 0.3) is 0 Å². The van der Waals surface area contributed by atoms with E-state index in [2.05, 4.69) is 0 Å². The van der Waals surface area contributed by atoms with E-state index in [0.29, 0.717) is 0 Å². The monoisotopic (exact) mass is 258 g/mol. The Hall–Kier alpha value is -0.0100. The summed E-state index contributed by atoms with van der Waals surface area (Å²) in [5.41, 5.74) is 0. The maximum atomic E-state index is 9.03. The van der Waals surface area contributed by atoms with Crippen LogP contribution in [0.1, 0.15) is 0 Å². The number of rotatable bonds is 0. The molecule has 0 aromatic carbocycles. The van der Waals surface area contributed by atoms with Gasteiger partial charge in [-0.1, -0.05) is 0 Å². The van der Waals surface area contributed by atoms with Gasteiger partial charge in [-0.2, -0.15) is 0 Å². The summed E-state index contributed by atoms with van der Waals surface area (Å²) < 4.78 is 4.24. The lowest BCUT2D eigenvalue weighted by atomic mass is 10.1. The first kappa shape index (κ1) is 8.09. The van der Waals surface area contributed by atoms with Gasteiger partial charge in [-0.15, -0.1) is 0 Å². The average Bonchev–Trinajstić information content (AvgIpc) is 1.93. The minimum atomic E-state index is -1.21. The second-order valence-corrected chi connectivity index (χ2v) is 3.19. The van der Waals surface area contributed by atoms with Crippen LogP contribution in [0.4, 0.5) is 0 Å². The lowest BCUT2D eigenvalue weighted by Crippen LogP contribution is -2.39. The van der Waals surface area contributed by atoms with Crippen LogP contribution in [0.3, 0.4) is 0 Å². The zero-order valence-electron chi connectivity index (χ0n) is 4.94. The van der Waals surface area contributed by atoms with Crippen LogP contribution in [-0.2, 0) is 4.74 Å². The number of alkyl halides is 1. The number of hydrogen-bond donors (Lipinski definition) is 3. The third-order valence-corrected chi connectivity index (χ3v) is 2.24. The summed E-state index contributed by atoms with van der Waals surface area (Å²) in [6.07, 6.45) is -1.23. The van der Waals surface area contributed by atoms with Crippen molar-refractivity contribution >= 4 is 22.6 Å². The highest BCUT2D eigenvalue weighted by molar-refractivity contribution is 14.1. The predicted octanol–water partition coefficient (Wildman–Crippen LogP) is -0.101. The van der Waals surface area contributed by atoms with Crippen LogP contribution in [-0.4, -0.2) is 31.6 Å². The van der Waals surface area contributed by atoms with Crippen LogP contribution in [0.2, 0.25) is 0 Å². The molecule has 4 nitrogen and oxygen atoms in total. The quantitative estimate of drug-likeness (QED) is 0.419. The minimum Gasteiger partial charge on any atom is -0.506 e. The van der Waals surface area contributed by atoms with Gasteiger partial charge in [-0.3, -0.25) is 0 Å². The molecule has 1 rings (SSSR count). The lowest BCUT2D eigenvalue weighted by molar-refractivity contribution is -0.0476. The Morgan fingerprint density at radius 3 is 2.60 bits per heavy atom. The summed E-state index contributed by atoms with van der Waals surface area (Å²) in [4.78, 5) is 0. The largest absolute Gasteiger partial charge is 0.506 e. The molecule has 1 aliphatic heterocycles. The van der Waals surface area contributed by atoms with E-state index in [1.165, 1.54) is 0 Å². The van der Waals surface area contributed by atoms with Crippen molar-refractivity contribution in [3.63, 3.8) is 0 Å². The zero-order chi connectivity index (χ0) is 7.72. The van der Waals surface area contributed by atoms with Crippen molar-refractivity contribution in [2.45, 2.75) is 16.3 Å². The Labute approximate surface area is 71.3 Å². The molecule has 3 atom stereocenters. The topological polar surface area (TPSA) is 69.9 Å². The summed E-state index contributed by atoms with van der Waals surface area (Å²) in [5, 5.41) is 26.8. The molecular weight excluding hydrogens is 251 g/mol. The fraction of sp³-hybridized carbons (Fsp3) is 0.600. The first-order valence-corrected chi connectivity index (χ1v) is 3.92. The second kappa shape index (κ2) is 2.93. The van der Waals surface area contributed by atoms with E-state index >= 15 is 0 Å². The zero-order valence-corrected chi connectivity index (χ0v) is 7.09. The third kappa shape index (κ3) is 1.35. The van der Waals surface area contributed by atoms with Crippen LogP contribution >= 0.6 is 22.6 Å². The van der Waals surface area contributed by atoms with E-state index in [0.717, 1.165) is 6.26 Å². The lowest BCUT2D eigenvalue weighted by Gasteiger charge is -2.25. The van der Waals surface area contributed by atoms with Crippen molar-refractivity contribution in [1.82, 2.24) is 0 Å². The summed E-state index contributed by atoms with van der Waals surface area (Å²) in [5.74, 6) is -0.333. The molecule has 2 unspecified atom stereocenters. The Morgan fingerprint density at radius 2 is 2.10 bits per heavy atom. The van der Waals surface area contributed by atoms with Crippen LogP contribution in [0.5, 0.6) is 0 Å². The Bertz CT molecular complexity index is 158. The van der Waals surface area contributed by atoms with Gasteiger partial charge in [0.1, 0.15) is 18.5 Å². The maximum absolute atomic E-state index is 9.03. The molecule has 0 fully saturated rings. The summed E-state index contributed by atoms with van der Waals surface area (Å²) in [6.45, 7) is 0. The minimum absolute atomic E-state index is 0.333. The first-order valence-electron chi connectivity index (χ1n) is 2.67. The highest BCUT2D eigenvalue weighted by Crippen LogP contribution is 2.21. The second-order valence-electron chi connectivity index (χ2n) is 1.97. The Kier molecular flexibility index (Phi) is 2.37. The number of aliphatic hydroxyl groups excluding tert-OH is 3. The van der Waals surface area contributed by atoms with E-state index in [-0.39, 0.29) is 5.76 Å². The smallest absolute Gasteiger partial charge is 0.177 e. The normalized spacial score (nSPS) is 40.3. The molecule has 0 bridgehead atoms. The van der Waals surface area contributed by atoms with Crippen molar-refractivity contribution < 1.29 is 20.1 Å². The van der Waals surface area contributed by atoms with Crippen molar-refractivity contribution in [3.05, 3.63) is 12.0 Å². The molecule has 0 aromatic heterocycles. The van der Waals surface area contributed by atoms with Crippen LogP contribution in [0.15, 0.2) is 12.0 Å². The SMILES string of the molecule is OC1=CO[C@@H](I)C(O)C1O. The standard InChI is InChI=1S/C5H7IO4/c6-5-4(9)3(8)2(7)1-10-5/h1,3-5,7-9H/t3?,4?,5-/m1/s1. The summed E-state index contributed by atoms with van der Waals surface area (Å²) >= 11 is 1.82. The highest BCUT2D eigenvalue weighted by Gasteiger charge is 2.32. The fourth-order valence-corrected chi connectivity index (χ4v) is 1.14. The molecule has 0 aromatic rings. The van der Waals surface area contributed by atoms with Gasteiger partial charge in [0.15, 0.2) is 9.87 Å². The van der Waals surface area contributed by atoms with E-state index < -0.39 is 16.3 Å². The van der Waals surface area contributed by atoms with Gasteiger partial charge >= 0.3 is 0 Å². The molecular formula is C5H7IO4. The van der Waals surface area contributed by atoms with Crippen LogP contribution < -0.4 is 0 Å². The fourth-order valence-electron chi connectivity index (χ4n) is 0.603. The Balaban J connectivity index is 2.71. The van der Waals surface area contributed by atoms with E-state index in [9.17, 15) is 0 Å². The molecule has 0 spiro atoms. The summed E-state index contributed by atoms with van der Waals surface area (Å²) in [7, 11) is 0. The predicted molar refractivity (Wildman–Crippen MR) is 41.6 cm³/mol. The molecule has 0 radical (unpaired) electrons. The molecule has 5 heteroatoms. The van der Waals surface area contributed by atoms with Crippen molar-refractivity contribution in [2.24, 2.45) is 0 Å². The Morgan fingerprint density at radius 1 is 1.50 bits per heavy atom.